The molecule has 10 heteroatoms. The van der Waals surface area contributed by atoms with E-state index in [1.807, 2.05) is 44.2 Å². The van der Waals surface area contributed by atoms with Gasteiger partial charge in [-0.05, 0) is 88.7 Å². The molecule has 1 aliphatic carbocycles. The summed E-state index contributed by atoms with van der Waals surface area (Å²) in [5.74, 6) is -0.804. The number of aliphatic hydroxyl groups excluding tert-OH is 1. The molecule has 0 spiro atoms. The monoisotopic (exact) mass is 838 g/mol. The molecule has 6 rings (SSSR count). The average molecular weight is 839 g/mol. The second kappa shape index (κ2) is 20.8. The Labute approximate surface area is 379 Å². The van der Waals surface area contributed by atoms with Crippen LogP contribution in [0, 0.1) is 50.4 Å². The second-order valence-electron chi connectivity index (χ2n) is 17.7. The maximum Gasteiger partial charge on any atom is 2.00 e. The number of carbonyl (C=O) groups excluding carboxylic acids is 2. The van der Waals surface area contributed by atoms with Gasteiger partial charge in [-0.1, -0.05) is 137 Å². The molecule has 1 saturated heterocycles. The van der Waals surface area contributed by atoms with Crippen molar-refractivity contribution in [2.45, 2.75) is 133 Å². The van der Waals surface area contributed by atoms with Crippen molar-refractivity contribution in [3.8, 4) is 0 Å². The first-order valence-electron chi connectivity index (χ1n) is 22.3. The number of carbonyl (C=O) groups is 2. The molecular weight excluding hydrogens is 773 g/mol. The minimum Gasteiger partial charge on any atom is -0.681 e. The molecule has 1 unspecified atom stereocenters. The fourth-order valence-electron chi connectivity index (χ4n) is 9.54. The van der Waals surface area contributed by atoms with E-state index in [9.17, 15) is 14.7 Å². The minimum atomic E-state index is -1.07. The van der Waals surface area contributed by atoms with Crippen LogP contribution in [0.15, 0.2) is 23.9 Å². The van der Waals surface area contributed by atoms with E-state index in [4.69, 9.17) is 29.7 Å². The van der Waals surface area contributed by atoms with Crippen molar-refractivity contribution in [1.29, 1.82) is 0 Å². The Hall–Kier alpha value is -4.15. The average Bonchev–Trinajstić information content (AvgIpc) is 3.97. The molecule has 3 aliphatic rings. The van der Waals surface area contributed by atoms with Crippen molar-refractivity contribution in [2.24, 2.45) is 29.6 Å². The number of ether oxygens (including phenoxy) is 2. The molecule has 61 heavy (non-hydrogen) atoms. The van der Waals surface area contributed by atoms with Crippen molar-refractivity contribution in [2.75, 3.05) is 13.7 Å². The Kier molecular flexibility index (Phi) is 16.3. The predicted molar refractivity (Wildman–Crippen MR) is 247 cm³/mol. The Morgan fingerprint density at radius 3 is 2.28 bits per heavy atom. The number of esters is 2. The number of methoxy groups -OCH3 is 1. The number of allylic oxidation sites excluding steroid dienone is 2. The predicted octanol–water partition coefficient (Wildman–Crippen LogP) is 7.24. The number of fused-ring (bicyclic) bond motifs is 8. The van der Waals surface area contributed by atoms with Gasteiger partial charge in [0.15, 0.2) is 0 Å². The van der Waals surface area contributed by atoms with Crippen LogP contribution in [0.3, 0.4) is 0 Å². The van der Waals surface area contributed by atoms with E-state index in [2.05, 4.69) is 55.0 Å². The minimum absolute atomic E-state index is 0. The summed E-state index contributed by atoms with van der Waals surface area (Å²) < 4.78 is 11.1. The van der Waals surface area contributed by atoms with Gasteiger partial charge in [0, 0.05) is 11.6 Å². The van der Waals surface area contributed by atoms with Crippen LogP contribution in [-0.4, -0.2) is 59.9 Å². The van der Waals surface area contributed by atoms with Crippen molar-refractivity contribution in [3.05, 3.63) is 95.4 Å². The number of aliphatic hydroxyl groups is 1. The topological polar surface area (TPSA) is 129 Å². The van der Waals surface area contributed by atoms with Gasteiger partial charge in [0.25, 0.3) is 0 Å². The fourth-order valence-corrected chi connectivity index (χ4v) is 9.54. The normalized spacial score (nSPS) is 22.2. The van der Waals surface area contributed by atoms with Gasteiger partial charge in [0.2, 0.25) is 0 Å². The molecule has 324 valence electrons. The van der Waals surface area contributed by atoms with Crippen LogP contribution in [0.25, 0.3) is 41.0 Å². The summed E-state index contributed by atoms with van der Waals surface area (Å²) in [6.45, 7) is 23.7. The third-order valence-corrected chi connectivity index (χ3v) is 13.7. The number of nitrogens with zero attached hydrogens (tertiary/aromatic N) is 4. The van der Waals surface area contributed by atoms with Crippen LogP contribution in [0.4, 0.5) is 0 Å². The molecule has 0 radical (unpaired) electrons. The number of aromatic nitrogens is 3. The van der Waals surface area contributed by atoms with Crippen molar-refractivity contribution >= 4 is 70.6 Å². The summed E-state index contributed by atoms with van der Waals surface area (Å²) in [6.07, 6.45) is 19.8. The first-order valence-corrected chi connectivity index (χ1v) is 22.3. The van der Waals surface area contributed by atoms with Gasteiger partial charge in [0.1, 0.15) is 18.3 Å². The summed E-state index contributed by atoms with van der Waals surface area (Å²) in [6, 6.07) is -0.571. The fraction of sp³-hybridized carbons (Fsp3) is 0.529. The maximum absolute atomic E-state index is 13.6. The van der Waals surface area contributed by atoms with Crippen molar-refractivity contribution in [3.63, 3.8) is 0 Å². The quantitative estimate of drug-likeness (QED) is 0.0857. The molecule has 8 bridgehead atoms. The molecule has 3 aromatic rings. The molecular formula is C51H66MgN4O5-2. The molecule has 9 nitrogen and oxygen atoms in total. The van der Waals surface area contributed by atoms with Crippen LogP contribution < -0.4 is 36.2 Å². The first-order chi connectivity index (χ1) is 28.7. The smallest absolute Gasteiger partial charge is 0.681 e. The number of hydrogen-bond acceptors (Lipinski definition) is 5. The molecule has 1 fully saturated rings. The largest absolute Gasteiger partial charge is 2.00 e. The molecule has 2 aliphatic heterocycles. The third-order valence-electron chi connectivity index (χ3n) is 13.7. The molecule has 0 saturated carbocycles. The molecule has 0 aromatic carbocycles. The van der Waals surface area contributed by atoms with Gasteiger partial charge >= 0.3 is 35.0 Å². The number of hydrogen-bond donors (Lipinski definition) is 1. The van der Waals surface area contributed by atoms with Crippen LogP contribution in [-0.2, 0) is 25.5 Å². The zero-order valence-electron chi connectivity index (χ0n) is 38.4. The zero-order chi connectivity index (χ0) is 43.4. The second-order valence-corrected chi connectivity index (χ2v) is 17.7. The first kappa shape index (κ1) is 47.9. The van der Waals surface area contributed by atoms with Gasteiger partial charge < -0.3 is 34.8 Å². The maximum atomic E-state index is 13.6. The van der Waals surface area contributed by atoms with E-state index in [0.717, 1.165) is 86.7 Å². The van der Waals surface area contributed by atoms with Crippen LogP contribution in [0.5, 0.6) is 0 Å². The molecule has 1 N–H and O–H groups in total. The summed E-state index contributed by atoms with van der Waals surface area (Å²) in [4.78, 5) is 42.3. The summed E-state index contributed by atoms with van der Waals surface area (Å²) >= 11 is 0. The third kappa shape index (κ3) is 10.1. The zero-order valence-corrected chi connectivity index (χ0v) is 39.8. The Morgan fingerprint density at radius 1 is 0.902 bits per heavy atom. The van der Waals surface area contributed by atoms with Crippen molar-refractivity contribution in [1.82, 2.24) is 15.0 Å². The van der Waals surface area contributed by atoms with Crippen LogP contribution in [0.1, 0.15) is 144 Å². The van der Waals surface area contributed by atoms with Crippen molar-refractivity contribution < 1.29 is 24.2 Å². The van der Waals surface area contributed by atoms with Gasteiger partial charge in [-0.2, -0.15) is 5.70 Å². The summed E-state index contributed by atoms with van der Waals surface area (Å²) in [7, 11) is 1.33. The molecule has 0 amide bonds. The van der Waals surface area contributed by atoms with E-state index in [0.29, 0.717) is 28.3 Å². The molecule has 5 heterocycles. The van der Waals surface area contributed by atoms with Crippen LogP contribution >= 0.6 is 0 Å². The molecule has 6 atom stereocenters. The summed E-state index contributed by atoms with van der Waals surface area (Å²) in [5, 5.41) is 19.9. The van der Waals surface area contributed by atoms with Gasteiger partial charge in [-0.25, -0.2) is 0 Å². The van der Waals surface area contributed by atoms with E-state index >= 15 is 0 Å². The standard InChI is InChI=1S/C51H66N4O5.Mg/c1-12-28(4)17-15-18-29(5)19-16-20-30(6)23-24-60-44(56)22-21-37-33(9)40-25-38-31(7)35(13-2)42(52-38)26-39-32(8)36(14-3)43(53-39)27-41-34(10)45-49(55-41)46(48(37)54-40)47(50(45)57)51(58)59-11;/h13,23,25-29,33,37,47-48,57H,2,12,14-22,24H2,1,3-11H3;/q-4;+2/b30-23-,39-26-,40-25-,43-27-;/t28-,29+,33+,37+,47-,48?;/m1./s1. The van der Waals surface area contributed by atoms with E-state index in [1.165, 1.54) is 44.8 Å². The summed E-state index contributed by atoms with van der Waals surface area (Å²) in [5.41, 5.74) is 9.72. The van der Waals surface area contributed by atoms with Gasteiger partial charge in [-0.3, -0.25) is 9.59 Å². The molecule has 3 aromatic heterocycles. The Bertz CT molecular complexity index is 2430. The van der Waals surface area contributed by atoms with Gasteiger partial charge in [0.05, 0.1) is 7.11 Å². The van der Waals surface area contributed by atoms with Gasteiger partial charge in [-0.15, -0.1) is 33.1 Å². The van der Waals surface area contributed by atoms with E-state index in [-0.39, 0.29) is 59.6 Å². The SMILES string of the molecule is C=Cc1c2[n-]c(c1C)/C=C1\[N-]C(C3=c4[n-]c(c(C)c4=C(O)[C@@H]3C(=O)OC)/C=c3\[n-]/c(c(C)c3CC)=C\2)[C@@H](CCC(=O)OC/C=C(/C)CCC[C@@H](C)CCC[C@H](C)CC)[C@@H]1C.[Mg+2]. The Morgan fingerprint density at radius 2 is 1.59 bits per heavy atom. The van der Waals surface area contributed by atoms with Crippen LogP contribution in [0.2, 0.25) is 0 Å². The van der Waals surface area contributed by atoms with E-state index < -0.39 is 17.9 Å². The number of rotatable bonds is 17. The Balaban J connectivity index is 0.00000704. The van der Waals surface area contributed by atoms with E-state index in [1.54, 1.807) is 0 Å².